The summed E-state index contributed by atoms with van der Waals surface area (Å²) in [4.78, 5) is 22.8. The molecule has 24 heavy (non-hydrogen) atoms. The zero-order valence-corrected chi connectivity index (χ0v) is 14.6. The van der Waals surface area contributed by atoms with Crippen LogP contribution in [0.2, 0.25) is 5.02 Å². The topological polar surface area (TPSA) is 79.4 Å². The average molecular weight is 350 g/mol. The number of rotatable bonds is 7. The Morgan fingerprint density at radius 3 is 2.83 bits per heavy atom. The summed E-state index contributed by atoms with van der Waals surface area (Å²) in [5.41, 5.74) is 0.732. The molecule has 0 saturated heterocycles. The van der Waals surface area contributed by atoms with Crippen molar-refractivity contribution in [3.05, 3.63) is 41.2 Å². The molecule has 1 amide bonds. The number of hydrogen-bond acceptors (Lipinski definition) is 6. The molecular formula is C16H20ClN5O2. The number of likely N-dealkylation sites (N-methyl/N-ethyl adjacent to an activating group) is 1. The molecule has 0 spiro atoms. The second-order valence-electron chi connectivity index (χ2n) is 5.29. The zero-order chi connectivity index (χ0) is 17.5. The van der Waals surface area contributed by atoms with Crippen LogP contribution >= 0.6 is 11.6 Å². The summed E-state index contributed by atoms with van der Waals surface area (Å²) in [6.45, 7) is 1.51. The van der Waals surface area contributed by atoms with Gasteiger partial charge in [0.2, 0.25) is 5.95 Å². The Morgan fingerprint density at radius 1 is 1.33 bits per heavy atom. The first-order valence-electron chi connectivity index (χ1n) is 7.36. The maximum absolute atomic E-state index is 12.4. The van der Waals surface area contributed by atoms with E-state index in [1.165, 1.54) is 13.3 Å². The number of amides is 1. The smallest absolute Gasteiger partial charge is 0.274 e. The molecule has 1 heterocycles. The summed E-state index contributed by atoms with van der Waals surface area (Å²) in [5.74, 6) is 0.558. The molecule has 2 rings (SSSR count). The molecule has 0 saturated carbocycles. The highest BCUT2D eigenvalue weighted by Crippen LogP contribution is 2.27. The highest BCUT2D eigenvalue weighted by atomic mass is 35.5. The highest BCUT2D eigenvalue weighted by molar-refractivity contribution is 6.31. The number of halogens is 1. The largest absolute Gasteiger partial charge is 0.495 e. The van der Waals surface area contributed by atoms with Crippen LogP contribution in [-0.4, -0.2) is 55.1 Å². The van der Waals surface area contributed by atoms with Gasteiger partial charge >= 0.3 is 0 Å². The Balaban J connectivity index is 2.08. The number of anilines is 2. The van der Waals surface area contributed by atoms with Gasteiger partial charge in [0.05, 0.1) is 12.8 Å². The third-order valence-electron chi connectivity index (χ3n) is 3.14. The average Bonchev–Trinajstić information content (AvgIpc) is 2.55. The minimum absolute atomic E-state index is 0.249. The van der Waals surface area contributed by atoms with Gasteiger partial charge < -0.3 is 20.3 Å². The van der Waals surface area contributed by atoms with Crippen molar-refractivity contribution in [1.29, 1.82) is 0 Å². The van der Waals surface area contributed by atoms with Crippen molar-refractivity contribution in [2.24, 2.45) is 0 Å². The van der Waals surface area contributed by atoms with Crippen molar-refractivity contribution in [2.45, 2.75) is 0 Å². The van der Waals surface area contributed by atoms with Crippen molar-refractivity contribution in [3.8, 4) is 5.75 Å². The Bertz CT molecular complexity index is 709. The lowest BCUT2D eigenvalue weighted by Crippen LogP contribution is -2.22. The van der Waals surface area contributed by atoms with Crippen molar-refractivity contribution >= 4 is 29.1 Å². The number of methoxy groups -OCH3 is 1. The van der Waals surface area contributed by atoms with Crippen LogP contribution in [0.25, 0.3) is 0 Å². The van der Waals surface area contributed by atoms with Crippen molar-refractivity contribution in [1.82, 2.24) is 14.9 Å². The maximum Gasteiger partial charge on any atom is 0.274 e. The van der Waals surface area contributed by atoms with E-state index in [1.807, 2.05) is 19.0 Å². The molecule has 0 aliphatic carbocycles. The Hall–Kier alpha value is -2.38. The van der Waals surface area contributed by atoms with E-state index in [0.29, 0.717) is 29.0 Å². The first kappa shape index (κ1) is 18.0. The van der Waals surface area contributed by atoms with Crippen molar-refractivity contribution in [2.75, 3.05) is 44.9 Å². The SMILES string of the molecule is COc1ccc(Cl)cc1NC(=O)c1ccnc(NCCN(C)C)n1. The highest BCUT2D eigenvalue weighted by Gasteiger charge is 2.12. The summed E-state index contributed by atoms with van der Waals surface area (Å²) < 4.78 is 5.21. The van der Waals surface area contributed by atoms with Crippen LogP contribution in [0, 0.1) is 0 Å². The Labute approximate surface area is 146 Å². The number of nitrogens with one attached hydrogen (secondary N) is 2. The first-order valence-corrected chi connectivity index (χ1v) is 7.74. The number of benzene rings is 1. The Morgan fingerprint density at radius 2 is 2.12 bits per heavy atom. The number of aromatic nitrogens is 2. The molecule has 0 unspecified atom stereocenters. The maximum atomic E-state index is 12.4. The standard InChI is InChI=1S/C16H20ClN5O2/c1-22(2)9-8-19-16-18-7-6-12(21-16)15(23)20-13-10-11(17)4-5-14(13)24-3/h4-7,10H,8-9H2,1-3H3,(H,20,23)(H,18,19,21). The summed E-state index contributed by atoms with van der Waals surface area (Å²) in [6, 6.07) is 6.54. The van der Waals surface area contributed by atoms with E-state index < -0.39 is 0 Å². The minimum Gasteiger partial charge on any atom is -0.495 e. The number of carbonyl (C=O) groups excluding carboxylic acids is 1. The van der Waals surface area contributed by atoms with Gasteiger partial charge in [-0.2, -0.15) is 0 Å². The Kier molecular flexibility index (Phi) is 6.34. The van der Waals surface area contributed by atoms with Gasteiger partial charge in [-0.15, -0.1) is 0 Å². The molecule has 1 aromatic carbocycles. The zero-order valence-electron chi connectivity index (χ0n) is 13.8. The van der Waals surface area contributed by atoms with Gasteiger partial charge in [0.25, 0.3) is 5.91 Å². The molecule has 1 aromatic heterocycles. The van der Waals surface area contributed by atoms with E-state index in [1.54, 1.807) is 24.3 Å². The van der Waals surface area contributed by atoms with Crippen LogP contribution in [0.4, 0.5) is 11.6 Å². The molecule has 0 bridgehead atoms. The van der Waals surface area contributed by atoms with Crippen LogP contribution in [-0.2, 0) is 0 Å². The molecule has 8 heteroatoms. The molecule has 0 atom stereocenters. The second kappa shape index (κ2) is 8.47. The molecule has 0 aliphatic heterocycles. The normalized spacial score (nSPS) is 10.5. The van der Waals surface area contributed by atoms with Gasteiger partial charge in [0, 0.05) is 24.3 Å². The summed E-state index contributed by atoms with van der Waals surface area (Å²) in [6.07, 6.45) is 1.54. The third-order valence-corrected chi connectivity index (χ3v) is 3.38. The van der Waals surface area contributed by atoms with E-state index in [2.05, 4.69) is 20.6 Å². The molecular weight excluding hydrogens is 330 g/mol. The molecule has 2 aromatic rings. The lowest BCUT2D eigenvalue weighted by molar-refractivity contribution is 0.102. The van der Waals surface area contributed by atoms with Crippen LogP contribution in [0.1, 0.15) is 10.5 Å². The van der Waals surface area contributed by atoms with Gasteiger partial charge in [-0.1, -0.05) is 11.6 Å². The van der Waals surface area contributed by atoms with Gasteiger partial charge in [-0.05, 0) is 38.4 Å². The number of carbonyl (C=O) groups is 1. The van der Waals surface area contributed by atoms with Crippen molar-refractivity contribution in [3.63, 3.8) is 0 Å². The van der Waals surface area contributed by atoms with Gasteiger partial charge in [0.1, 0.15) is 11.4 Å². The summed E-state index contributed by atoms with van der Waals surface area (Å²) >= 11 is 5.96. The molecule has 2 N–H and O–H groups in total. The lowest BCUT2D eigenvalue weighted by Gasteiger charge is -2.12. The molecule has 128 valence electrons. The fourth-order valence-corrected chi connectivity index (χ4v) is 2.10. The van der Waals surface area contributed by atoms with Gasteiger partial charge in [-0.3, -0.25) is 4.79 Å². The van der Waals surface area contributed by atoms with Crippen molar-refractivity contribution < 1.29 is 9.53 Å². The first-order chi connectivity index (χ1) is 11.5. The van der Waals surface area contributed by atoms with Crippen LogP contribution in [0.5, 0.6) is 5.75 Å². The predicted molar refractivity (Wildman–Crippen MR) is 95.0 cm³/mol. The molecule has 0 aliphatic rings. The summed E-state index contributed by atoms with van der Waals surface area (Å²) in [5, 5.41) is 6.32. The molecule has 7 nitrogen and oxygen atoms in total. The molecule has 0 fully saturated rings. The predicted octanol–water partition coefficient (Wildman–Crippen LogP) is 2.36. The number of hydrogen-bond donors (Lipinski definition) is 2. The minimum atomic E-state index is -0.367. The fraction of sp³-hybridized carbons (Fsp3) is 0.312. The second-order valence-corrected chi connectivity index (χ2v) is 5.73. The monoisotopic (exact) mass is 349 g/mol. The van der Waals surface area contributed by atoms with Gasteiger partial charge in [-0.25, -0.2) is 9.97 Å². The quantitative estimate of drug-likeness (QED) is 0.799. The van der Waals surface area contributed by atoms with E-state index in [-0.39, 0.29) is 11.6 Å². The number of ether oxygens (including phenoxy) is 1. The van der Waals surface area contributed by atoms with E-state index in [9.17, 15) is 4.79 Å². The summed E-state index contributed by atoms with van der Waals surface area (Å²) in [7, 11) is 5.48. The van der Waals surface area contributed by atoms with Gasteiger partial charge in [0.15, 0.2) is 0 Å². The van der Waals surface area contributed by atoms with E-state index in [0.717, 1.165) is 6.54 Å². The van der Waals surface area contributed by atoms with Crippen LogP contribution in [0.3, 0.4) is 0 Å². The fourth-order valence-electron chi connectivity index (χ4n) is 1.93. The third kappa shape index (κ3) is 5.07. The number of nitrogens with zero attached hydrogens (tertiary/aromatic N) is 3. The van der Waals surface area contributed by atoms with Crippen LogP contribution < -0.4 is 15.4 Å². The van der Waals surface area contributed by atoms with E-state index in [4.69, 9.17) is 16.3 Å². The van der Waals surface area contributed by atoms with Crippen LogP contribution in [0.15, 0.2) is 30.5 Å². The lowest BCUT2D eigenvalue weighted by atomic mass is 10.2. The molecule has 0 radical (unpaired) electrons. The van der Waals surface area contributed by atoms with E-state index >= 15 is 0 Å².